The van der Waals surface area contributed by atoms with E-state index in [0.29, 0.717) is 11.3 Å². The quantitative estimate of drug-likeness (QED) is 0.522. The number of nitrogens with zero attached hydrogens (tertiary/aromatic N) is 1. The Kier molecular flexibility index (Phi) is 1.53. The molecule has 2 rings (SSSR count). The Morgan fingerprint density at radius 1 is 1.45 bits per heavy atom. The average molecular weight is 153 g/mol. The van der Waals surface area contributed by atoms with E-state index < -0.39 is 0 Å². The minimum atomic E-state index is 0.413. The van der Waals surface area contributed by atoms with Gasteiger partial charge in [0, 0.05) is 5.92 Å². The zero-order chi connectivity index (χ0) is 7.90. The average Bonchev–Trinajstić information content (AvgIpc) is 2.71. The maximum absolute atomic E-state index is 10.5. The fraction of sp³-hybridized carbons (Fsp3) is 0.889. The molecule has 2 nitrogen and oxygen atoms in total. The van der Waals surface area contributed by atoms with E-state index in [1.807, 2.05) is 0 Å². The lowest BCUT2D eigenvalue weighted by Crippen LogP contribution is -2.32. The van der Waals surface area contributed by atoms with Crippen molar-refractivity contribution in [3.63, 3.8) is 0 Å². The normalized spacial score (nSPS) is 35.5. The number of rotatable bonds is 1. The standard InChI is InChI=1S/C9H15NO/c1-10-4-2-9(3-5-10)6-8(9)7-11/h7-8H,2-6H2,1H3. The Hall–Kier alpha value is -0.370. The first-order chi connectivity index (χ1) is 5.27. The van der Waals surface area contributed by atoms with Gasteiger partial charge >= 0.3 is 0 Å². The number of hydrogen-bond acceptors (Lipinski definition) is 2. The third-order valence-corrected chi connectivity index (χ3v) is 3.40. The van der Waals surface area contributed by atoms with Crippen LogP contribution >= 0.6 is 0 Å². The van der Waals surface area contributed by atoms with E-state index in [1.54, 1.807) is 0 Å². The summed E-state index contributed by atoms with van der Waals surface area (Å²) >= 11 is 0. The van der Waals surface area contributed by atoms with E-state index >= 15 is 0 Å². The number of likely N-dealkylation sites (tertiary alicyclic amines) is 1. The largest absolute Gasteiger partial charge is 0.306 e. The summed E-state index contributed by atoms with van der Waals surface area (Å²) in [5, 5.41) is 0. The van der Waals surface area contributed by atoms with Crippen molar-refractivity contribution in [3.05, 3.63) is 0 Å². The summed E-state index contributed by atoms with van der Waals surface area (Å²) in [6, 6.07) is 0. The van der Waals surface area contributed by atoms with Gasteiger partial charge in [-0.1, -0.05) is 0 Å². The Morgan fingerprint density at radius 2 is 2.09 bits per heavy atom. The lowest BCUT2D eigenvalue weighted by Gasteiger charge is -2.29. The molecule has 0 radical (unpaired) electrons. The summed E-state index contributed by atoms with van der Waals surface area (Å²) in [5.41, 5.74) is 0.467. The van der Waals surface area contributed by atoms with Crippen LogP contribution in [0, 0.1) is 11.3 Å². The van der Waals surface area contributed by atoms with Gasteiger partial charge in [0.2, 0.25) is 0 Å². The highest BCUT2D eigenvalue weighted by atomic mass is 16.1. The summed E-state index contributed by atoms with van der Waals surface area (Å²) in [5.74, 6) is 0.413. The lowest BCUT2D eigenvalue weighted by atomic mass is 9.91. The first-order valence-corrected chi connectivity index (χ1v) is 4.41. The molecule has 0 aromatic heterocycles. The lowest BCUT2D eigenvalue weighted by molar-refractivity contribution is -0.109. The molecule has 1 aliphatic carbocycles. The van der Waals surface area contributed by atoms with Gasteiger partial charge in [0.15, 0.2) is 0 Å². The Labute approximate surface area is 67.6 Å². The van der Waals surface area contributed by atoms with Crippen LogP contribution in [0.15, 0.2) is 0 Å². The van der Waals surface area contributed by atoms with Gasteiger partial charge in [-0.2, -0.15) is 0 Å². The molecule has 1 unspecified atom stereocenters. The number of carbonyl (C=O) groups is 1. The van der Waals surface area contributed by atoms with Crippen LogP contribution in [0.3, 0.4) is 0 Å². The predicted molar refractivity (Wildman–Crippen MR) is 43.3 cm³/mol. The van der Waals surface area contributed by atoms with Gasteiger partial charge in [-0.05, 0) is 44.8 Å². The number of piperidine rings is 1. The van der Waals surface area contributed by atoms with Crippen molar-refractivity contribution < 1.29 is 4.79 Å². The third kappa shape index (κ3) is 1.09. The van der Waals surface area contributed by atoms with Crippen molar-refractivity contribution in [1.29, 1.82) is 0 Å². The van der Waals surface area contributed by atoms with Crippen molar-refractivity contribution in [3.8, 4) is 0 Å². The molecule has 1 atom stereocenters. The second-order valence-corrected chi connectivity index (χ2v) is 4.11. The van der Waals surface area contributed by atoms with Gasteiger partial charge in [0.1, 0.15) is 6.29 Å². The molecule has 0 aromatic carbocycles. The molecule has 0 N–H and O–H groups in total. The van der Waals surface area contributed by atoms with Crippen LogP contribution in [0.1, 0.15) is 19.3 Å². The number of hydrogen-bond donors (Lipinski definition) is 0. The second kappa shape index (κ2) is 2.31. The predicted octanol–water partition coefficient (Wildman–Crippen LogP) is 0.917. The minimum absolute atomic E-state index is 0.413. The summed E-state index contributed by atoms with van der Waals surface area (Å²) in [7, 11) is 2.16. The molecule has 0 bridgehead atoms. The molecule has 2 aliphatic rings. The van der Waals surface area contributed by atoms with Gasteiger partial charge < -0.3 is 9.69 Å². The van der Waals surface area contributed by atoms with Crippen molar-refractivity contribution in [2.75, 3.05) is 20.1 Å². The molecule has 1 saturated carbocycles. The Morgan fingerprint density at radius 3 is 2.55 bits per heavy atom. The Bertz CT molecular complexity index is 170. The summed E-state index contributed by atoms with van der Waals surface area (Å²) in [4.78, 5) is 12.9. The van der Waals surface area contributed by atoms with Gasteiger partial charge in [0.05, 0.1) is 0 Å². The highest BCUT2D eigenvalue weighted by molar-refractivity contribution is 5.60. The van der Waals surface area contributed by atoms with E-state index in [0.717, 1.165) is 6.29 Å². The van der Waals surface area contributed by atoms with Crippen molar-refractivity contribution in [2.24, 2.45) is 11.3 Å². The molecule has 11 heavy (non-hydrogen) atoms. The zero-order valence-corrected chi connectivity index (χ0v) is 7.05. The van der Waals surface area contributed by atoms with Crippen molar-refractivity contribution in [2.45, 2.75) is 19.3 Å². The number of aldehydes is 1. The molecular weight excluding hydrogens is 138 g/mol. The minimum Gasteiger partial charge on any atom is -0.306 e. The van der Waals surface area contributed by atoms with E-state index in [2.05, 4.69) is 11.9 Å². The van der Waals surface area contributed by atoms with Crippen LogP contribution in [0.2, 0.25) is 0 Å². The molecule has 1 aliphatic heterocycles. The highest BCUT2D eigenvalue weighted by Crippen LogP contribution is 2.57. The highest BCUT2D eigenvalue weighted by Gasteiger charge is 2.54. The van der Waals surface area contributed by atoms with Gasteiger partial charge in [-0.3, -0.25) is 0 Å². The van der Waals surface area contributed by atoms with E-state index in [9.17, 15) is 4.79 Å². The molecular formula is C9H15NO. The molecule has 1 spiro atoms. The molecule has 0 aromatic rings. The molecule has 2 fully saturated rings. The van der Waals surface area contributed by atoms with Crippen LogP contribution in [-0.4, -0.2) is 31.3 Å². The van der Waals surface area contributed by atoms with Crippen LogP contribution in [0.4, 0.5) is 0 Å². The van der Waals surface area contributed by atoms with Gasteiger partial charge in [-0.15, -0.1) is 0 Å². The molecule has 1 saturated heterocycles. The maximum Gasteiger partial charge on any atom is 0.123 e. The second-order valence-electron chi connectivity index (χ2n) is 4.11. The molecule has 62 valence electrons. The van der Waals surface area contributed by atoms with Crippen LogP contribution in [0.5, 0.6) is 0 Å². The Balaban J connectivity index is 1.94. The van der Waals surface area contributed by atoms with Crippen molar-refractivity contribution >= 4 is 6.29 Å². The molecule has 0 amide bonds. The fourth-order valence-electron chi connectivity index (χ4n) is 2.21. The molecule has 2 heteroatoms. The van der Waals surface area contributed by atoms with Gasteiger partial charge in [0.25, 0.3) is 0 Å². The number of carbonyl (C=O) groups excluding carboxylic acids is 1. The SMILES string of the molecule is CN1CCC2(CC1)CC2C=O. The van der Waals surface area contributed by atoms with Crippen LogP contribution in [-0.2, 0) is 4.79 Å². The summed E-state index contributed by atoms with van der Waals surface area (Å²) in [6.07, 6.45) is 4.81. The first kappa shape index (κ1) is 7.29. The maximum atomic E-state index is 10.5. The summed E-state index contributed by atoms with van der Waals surface area (Å²) in [6.45, 7) is 2.37. The topological polar surface area (TPSA) is 20.3 Å². The van der Waals surface area contributed by atoms with Crippen LogP contribution < -0.4 is 0 Å². The van der Waals surface area contributed by atoms with E-state index in [1.165, 1.54) is 32.4 Å². The van der Waals surface area contributed by atoms with Gasteiger partial charge in [-0.25, -0.2) is 0 Å². The van der Waals surface area contributed by atoms with Crippen molar-refractivity contribution in [1.82, 2.24) is 4.90 Å². The van der Waals surface area contributed by atoms with E-state index in [4.69, 9.17) is 0 Å². The third-order valence-electron chi connectivity index (χ3n) is 3.40. The zero-order valence-electron chi connectivity index (χ0n) is 7.05. The van der Waals surface area contributed by atoms with E-state index in [-0.39, 0.29) is 0 Å². The first-order valence-electron chi connectivity index (χ1n) is 4.41. The fourth-order valence-corrected chi connectivity index (χ4v) is 2.21. The summed E-state index contributed by atoms with van der Waals surface area (Å²) < 4.78 is 0. The molecule has 1 heterocycles. The smallest absolute Gasteiger partial charge is 0.123 e. The monoisotopic (exact) mass is 153 g/mol. The van der Waals surface area contributed by atoms with Crippen LogP contribution in [0.25, 0.3) is 0 Å².